The molecule has 0 aliphatic carbocycles. The lowest BCUT2D eigenvalue weighted by atomic mass is 10.2. The second kappa shape index (κ2) is 6.23. The summed E-state index contributed by atoms with van der Waals surface area (Å²) in [5.41, 5.74) is 1.27. The fourth-order valence-electron chi connectivity index (χ4n) is 2.00. The summed E-state index contributed by atoms with van der Waals surface area (Å²) in [5, 5.41) is 0. The van der Waals surface area contributed by atoms with Crippen molar-refractivity contribution in [3.05, 3.63) is 56.8 Å². The molecule has 0 saturated carbocycles. The van der Waals surface area contributed by atoms with Crippen molar-refractivity contribution in [3.8, 4) is 0 Å². The molecule has 0 aromatic carbocycles. The minimum absolute atomic E-state index is 0.127. The molecule has 0 radical (unpaired) electrons. The number of carbonyl (C=O) groups excluding carboxylic acids is 1. The largest absolute Gasteiger partial charge is 0.467 e. The maximum atomic E-state index is 12.2. The van der Waals surface area contributed by atoms with Crippen LogP contribution in [-0.2, 0) is 13.1 Å². The molecule has 21 heavy (non-hydrogen) atoms. The third-order valence-corrected chi connectivity index (χ3v) is 3.03. The number of nitrogens with one attached hydrogen (secondary N) is 1. The fourth-order valence-corrected chi connectivity index (χ4v) is 2.00. The zero-order valence-electron chi connectivity index (χ0n) is 11.5. The highest BCUT2D eigenvalue weighted by molar-refractivity contribution is 5.94. The predicted octanol–water partition coefficient (Wildman–Crippen LogP) is -0.335. The van der Waals surface area contributed by atoms with Crippen molar-refractivity contribution < 1.29 is 9.21 Å². The number of aromatic nitrogens is 2. The standard InChI is InChI=1S/C13H16N4O4/c1-2-5-16-6-3-11(18)17(13(16)20)8-10-9(4-7-21-10)12(19)15-14/h3-4,6-7H,2,5,8,14H2,1H3,(H,15,19). The number of furan rings is 1. The highest BCUT2D eigenvalue weighted by Crippen LogP contribution is 2.10. The third-order valence-electron chi connectivity index (χ3n) is 3.03. The minimum Gasteiger partial charge on any atom is -0.467 e. The molecule has 0 unspecified atom stereocenters. The van der Waals surface area contributed by atoms with Crippen LogP contribution in [0.1, 0.15) is 29.5 Å². The van der Waals surface area contributed by atoms with Crippen LogP contribution in [0.4, 0.5) is 0 Å². The van der Waals surface area contributed by atoms with Crippen LogP contribution >= 0.6 is 0 Å². The Morgan fingerprint density at radius 1 is 1.38 bits per heavy atom. The molecule has 0 spiro atoms. The maximum Gasteiger partial charge on any atom is 0.331 e. The van der Waals surface area contributed by atoms with Gasteiger partial charge in [0.05, 0.1) is 18.4 Å². The topological polar surface area (TPSA) is 112 Å². The molecular weight excluding hydrogens is 276 g/mol. The monoisotopic (exact) mass is 292 g/mol. The van der Waals surface area contributed by atoms with Gasteiger partial charge in [0.1, 0.15) is 5.76 Å². The lowest BCUT2D eigenvalue weighted by Gasteiger charge is -2.08. The Hall–Kier alpha value is -2.61. The third kappa shape index (κ3) is 2.95. The van der Waals surface area contributed by atoms with Gasteiger partial charge in [-0.15, -0.1) is 0 Å². The van der Waals surface area contributed by atoms with Crippen molar-refractivity contribution in [2.75, 3.05) is 0 Å². The van der Waals surface area contributed by atoms with Gasteiger partial charge < -0.3 is 8.98 Å². The number of nitrogens with zero attached hydrogens (tertiary/aromatic N) is 2. The molecule has 0 atom stereocenters. The van der Waals surface area contributed by atoms with E-state index in [4.69, 9.17) is 10.3 Å². The molecule has 1 amide bonds. The number of hydrogen-bond acceptors (Lipinski definition) is 5. The number of nitrogen functional groups attached to an aromatic ring is 1. The first kappa shape index (κ1) is 14.8. The Bertz CT molecular complexity index is 756. The molecule has 0 saturated heterocycles. The summed E-state index contributed by atoms with van der Waals surface area (Å²) in [6, 6.07) is 2.73. The summed E-state index contributed by atoms with van der Waals surface area (Å²) in [4.78, 5) is 35.6. The normalized spacial score (nSPS) is 10.6. The summed E-state index contributed by atoms with van der Waals surface area (Å²) in [6.45, 7) is 2.31. The molecule has 0 aliphatic rings. The molecule has 2 rings (SSSR count). The van der Waals surface area contributed by atoms with Crippen LogP contribution in [0.2, 0.25) is 0 Å². The van der Waals surface area contributed by atoms with E-state index in [9.17, 15) is 14.4 Å². The van der Waals surface area contributed by atoms with Crippen LogP contribution in [0.15, 0.2) is 38.6 Å². The maximum absolute atomic E-state index is 12.2. The summed E-state index contributed by atoms with van der Waals surface area (Å²) >= 11 is 0. The molecular formula is C13H16N4O4. The Kier molecular flexibility index (Phi) is 4.39. The number of rotatable bonds is 5. The number of nitrogens with two attached hydrogens (primary N) is 1. The van der Waals surface area contributed by atoms with E-state index in [0.29, 0.717) is 6.54 Å². The lowest BCUT2D eigenvalue weighted by Crippen LogP contribution is -2.39. The first-order valence-electron chi connectivity index (χ1n) is 6.46. The van der Waals surface area contributed by atoms with Crippen molar-refractivity contribution in [2.24, 2.45) is 5.84 Å². The average Bonchev–Trinajstić information content (AvgIpc) is 2.94. The van der Waals surface area contributed by atoms with Gasteiger partial charge >= 0.3 is 5.69 Å². The molecule has 2 aromatic heterocycles. The first-order chi connectivity index (χ1) is 10.1. The van der Waals surface area contributed by atoms with Gasteiger partial charge in [-0.2, -0.15) is 0 Å². The predicted molar refractivity (Wildman–Crippen MR) is 74.7 cm³/mol. The zero-order valence-corrected chi connectivity index (χ0v) is 11.5. The Morgan fingerprint density at radius 3 is 2.81 bits per heavy atom. The first-order valence-corrected chi connectivity index (χ1v) is 6.46. The van der Waals surface area contributed by atoms with Crippen LogP contribution < -0.4 is 22.5 Å². The van der Waals surface area contributed by atoms with Gasteiger partial charge in [0.15, 0.2) is 0 Å². The van der Waals surface area contributed by atoms with Crippen LogP contribution in [0, 0.1) is 0 Å². The molecule has 112 valence electrons. The Labute approximate surface area is 119 Å². The van der Waals surface area contributed by atoms with E-state index in [1.165, 1.54) is 29.2 Å². The number of aryl methyl sites for hydroxylation is 1. The van der Waals surface area contributed by atoms with Crippen molar-refractivity contribution in [1.82, 2.24) is 14.6 Å². The zero-order chi connectivity index (χ0) is 15.4. The van der Waals surface area contributed by atoms with E-state index >= 15 is 0 Å². The number of carbonyl (C=O) groups is 1. The highest BCUT2D eigenvalue weighted by atomic mass is 16.3. The Balaban J connectivity index is 2.43. The van der Waals surface area contributed by atoms with Crippen molar-refractivity contribution in [2.45, 2.75) is 26.4 Å². The second-order valence-corrected chi connectivity index (χ2v) is 4.45. The summed E-state index contributed by atoms with van der Waals surface area (Å²) in [6.07, 6.45) is 3.53. The van der Waals surface area contributed by atoms with Crippen molar-refractivity contribution in [1.29, 1.82) is 0 Å². The molecule has 0 fully saturated rings. The molecule has 0 bridgehead atoms. The van der Waals surface area contributed by atoms with Crippen molar-refractivity contribution in [3.63, 3.8) is 0 Å². The average molecular weight is 292 g/mol. The van der Waals surface area contributed by atoms with Gasteiger partial charge in [-0.25, -0.2) is 10.6 Å². The van der Waals surface area contributed by atoms with Crippen LogP contribution in [0.3, 0.4) is 0 Å². The summed E-state index contributed by atoms with van der Waals surface area (Å²) < 4.78 is 7.63. The van der Waals surface area contributed by atoms with E-state index in [1.54, 1.807) is 0 Å². The lowest BCUT2D eigenvalue weighted by molar-refractivity contribution is 0.0951. The van der Waals surface area contributed by atoms with Crippen LogP contribution in [0.5, 0.6) is 0 Å². The summed E-state index contributed by atoms with van der Waals surface area (Å²) in [7, 11) is 0. The van der Waals surface area contributed by atoms with E-state index in [0.717, 1.165) is 11.0 Å². The Morgan fingerprint density at radius 2 is 2.14 bits per heavy atom. The molecule has 8 heteroatoms. The van der Waals surface area contributed by atoms with E-state index < -0.39 is 17.2 Å². The number of hydrogen-bond donors (Lipinski definition) is 2. The van der Waals surface area contributed by atoms with Gasteiger partial charge in [0.2, 0.25) is 0 Å². The fraction of sp³-hybridized carbons (Fsp3) is 0.308. The molecule has 2 heterocycles. The molecule has 8 nitrogen and oxygen atoms in total. The molecule has 3 N–H and O–H groups in total. The number of amides is 1. The van der Waals surface area contributed by atoms with Crippen LogP contribution in [0.25, 0.3) is 0 Å². The van der Waals surface area contributed by atoms with Gasteiger partial charge in [0.25, 0.3) is 11.5 Å². The van der Waals surface area contributed by atoms with Gasteiger partial charge in [-0.3, -0.25) is 19.6 Å². The quantitative estimate of drug-likeness (QED) is 0.445. The van der Waals surface area contributed by atoms with Crippen LogP contribution in [-0.4, -0.2) is 15.0 Å². The van der Waals surface area contributed by atoms with Crippen molar-refractivity contribution >= 4 is 5.91 Å². The number of hydrazine groups is 1. The summed E-state index contributed by atoms with van der Waals surface area (Å²) in [5.74, 6) is 4.73. The van der Waals surface area contributed by atoms with E-state index in [1.807, 2.05) is 12.3 Å². The smallest absolute Gasteiger partial charge is 0.331 e. The van der Waals surface area contributed by atoms with Gasteiger partial charge in [-0.1, -0.05) is 6.92 Å². The van der Waals surface area contributed by atoms with Gasteiger partial charge in [-0.05, 0) is 12.5 Å². The molecule has 2 aromatic rings. The van der Waals surface area contributed by atoms with E-state index in [-0.39, 0.29) is 17.9 Å². The SMILES string of the molecule is CCCn1ccc(=O)n(Cc2occc2C(=O)NN)c1=O. The second-order valence-electron chi connectivity index (χ2n) is 4.45. The van der Waals surface area contributed by atoms with Gasteiger partial charge in [0, 0.05) is 18.8 Å². The molecule has 0 aliphatic heterocycles. The highest BCUT2D eigenvalue weighted by Gasteiger charge is 2.16. The minimum atomic E-state index is -0.545. The van der Waals surface area contributed by atoms with E-state index in [2.05, 4.69) is 0 Å².